The highest BCUT2D eigenvalue weighted by Crippen LogP contribution is 2.32. The summed E-state index contributed by atoms with van der Waals surface area (Å²) in [6, 6.07) is 7.79. The van der Waals surface area contributed by atoms with Crippen molar-refractivity contribution in [3.05, 3.63) is 24.3 Å². The Morgan fingerprint density at radius 3 is 2.71 bits per heavy atom. The molecule has 0 bridgehead atoms. The van der Waals surface area contributed by atoms with Crippen LogP contribution >= 0.6 is 0 Å². The molecular weight excluding hydrogens is 266 g/mol. The van der Waals surface area contributed by atoms with E-state index in [1.165, 1.54) is 0 Å². The molecule has 1 aliphatic rings. The van der Waals surface area contributed by atoms with Crippen molar-refractivity contribution in [2.75, 3.05) is 45.7 Å². The highest BCUT2D eigenvalue weighted by atomic mass is 16.5. The minimum atomic E-state index is 0.0296. The molecule has 21 heavy (non-hydrogen) atoms. The SMILES string of the molecule is CC1CCN(C(=O)N(C)CCN(C)C)c2ccccc2O1. The summed E-state index contributed by atoms with van der Waals surface area (Å²) in [7, 11) is 5.87. The Hall–Kier alpha value is -1.75. The van der Waals surface area contributed by atoms with E-state index in [1.807, 2.05) is 57.2 Å². The molecule has 1 aliphatic heterocycles. The van der Waals surface area contributed by atoms with E-state index in [-0.39, 0.29) is 12.1 Å². The van der Waals surface area contributed by atoms with Gasteiger partial charge in [0.1, 0.15) is 5.75 Å². The molecule has 116 valence electrons. The molecular formula is C16H25N3O2. The number of nitrogens with zero attached hydrogens (tertiary/aromatic N) is 3. The molecule has 0 saturated heterocycles. The van der Waals surface area contributed by atoms with Gasteiger partial charge in [-0.2, -0.15) is 0 Å². The molecule has 1 aromatic carbocycles. The second kappa shape index (κ2) is 6.80. The number of amides is 2. The van der Waals surface area contributed by atoms with Crippen LogP contribution in [0.4, 0.5) is 10.5 Å². The lowest BCUT2D eigenvalue weighted by molar-refractivity contribution is 0.208. The van der Waals surface area contributed by atoms with Gasteiger partial charge in [0.2, 0.25) is 0 Å². The van der Waals surface area contributed by atoms with Crippen molar-refractivity contribution < 1.29 is 9.53 Å². The number of urea groups is 1. The molecule has 1 aromatic rings. The molecule has 5 nitrogen and oxygen atoms in total. The van der Waals surface area contributed by atoms with Crippen molar-refractivity contribution in [1.82, 2.24) is 9.80 Å². The van der Waals surface area contributed by atoms with Crippen LogP contribution in [0.25, 0.3) is 0 Å². The maximum absolute atomic E-state index is 12.7. The van der Waals surface area contributed by atoms with Crippen molar-refractivity contribution in [3.63, 3.8) is 0 Å². The molecule has 2 amide bonds. The topological polar surface area (TPSA) is 36.0 Å². The van der Waals surface area contributed by atoms with Crippen LogP contribution in [-0.2, 0) is 0 Å². The zero-order valence-corrected chi connectivity index (χ0v) is 13.4. The van der Waals surface area contributed by atoms with Gasteiger partial charge in [0, 0.05) is 33.1 Å². The minimum absolute atomic E-state index is 0.0296. The van der Waals surface area contributed by atoms with E-state index in [9.17, 15) is 4.79 Å². The Labute approximate surface area is 127 Å². The van der Waals surface area contributed by atoms with Gasteiger partial charge in [0.15, 0.2) is 0 Å². The molecule has 0 aliphatic carbocycles. The van der Waals surface area contributed by atoms with Crippen LogP contribution < -0.4 is 9.64 Å². The summed E-state index contributed by atoms with van der Waals surface area (Å²) in [4.78, 5) is 18.4. The molecule has 2 rings (SSSR count). The summed E-state index contributed by atoms with van der Waals surface area (Å²) >= 11 is 0. The maximum atomic E-state index is 12.7. The molecule has 0 spiro atoms. The van der Waals surface area contributed by atoms with E-state index < -0.39 is 0 Å². The van der Waals surface area contributed by atoms with Gasteiger partial charge in [-0.1, -0.05) is 12.1 Å². The average Bonchev–Trinajstić information content (AvgIpc) is 2.62. The zero-order chi connectivity index (χ0) is 15.4. The predicted octanol–water partition coefficient (Wildman–Crippen LogP) is 2.28. The number of para-hydroxylation sites is 2. The first-order chi connectivity index (χ1) is 9.99. The first-order valence-corrected chi connectivity index (χ1v) is 7.42. The highest BCUT2D eigenvalue weighted by Gasteiger charge is 2.26. The fraction of sp³-hybridized carbons (Fsp3) is 0.562. The van der Waals surface area contributed by atoms with Crippen LogP contribution in [-0.4, -0.2) is 62.7 Å². The van der Waals surface area contributed by atoms with Crippen LogP contribution in [0.15, 0.2) is 24.3 Å². The lowest BCUT2D eigenvalue weighted by atomic mass is 10.2. The Morgan fingerprint density at radius 1 is 1.29 bits per heavy atom. The summed E-state index contributed by atoms with van der Waals surface area (Å²) in [6.45, 7) is 4.29. The minimum Gasteiger partial charge on any atom is -0.488 e. The summed E-state index contributed by atoms with van der Waals surface area (Å²) in [5.74, 6) is 0.789. The maximum Gasteiger partial charge on any atom is 0.324 e. The molecule has 1 atom stereocenters. The molecule has 1 heterocycles. The molecule has 0 radical (unpaired) electrons. The highest BCUT2D eigenvalue weighted by molar-refractivity contribution is 5.93. The molecule has 1 unspecified atom stereocenters. The van der Waals surface area contributed by atoms with Crippen molar-refractivity contribution in [1.29, 1.82) is 0 Å². The Bertz CT molecular complexity index is 490. The van der Waals surface area contributed by atoms with E-state index in [0.717, 1.165) is 24.4 Å². The Morgan fingerprint density at radius 2 is 2.00 bits per heavy atom. The number of ether oxygens (including phenoxy) is 1. The largest absolute Gasteiger partial charge is 0.488 e. The van der Waals surface area contributed by atoms with Gasteiger partial charge in [-0.15, -0.1) is 0 Å². The van der Waals surface area contributed by atoms with Gasteiger partial charge in [0.25, 0.3) is 0 Å². The number of carbonyl (C=O) groups is 1. The standard InChI is InChI=1S/C16H25N3O2/c1-13-9-10-19(14-7-5-6-8-15(14)21-13)16(20)18(4)12-11-17(2)3/h5-8,13H,9-12H2,1-4H3. The van der Waals surface area contributed by atoms with Gasteiger partial charge in [-0.3, -0.25) is 4.90 Å². The number of fused-ring (bicyclic) bond motifs is 1. The lowest BCUT2D eigenvalue weighted by Crippen LogP contribution is -2.44. The second-order valence-corrected chi connectivity index (χ2v) is 5.84. The predicted molar refractivity (Wildman–Crippen MR) is 85.1 cm³/mol. The summed E-state index contributed by atoms with van der Waals surface area (Å²) in [5, 5.41) is 0. The van der Waals surface area contributed by atoms with E-state index in [1.54, 1.807) is 4.90 Å². The van der Waals surface area contributed by atoms with Crippen molar-refractivity contribution >= 4 is 11.7 Å². The number of hydrogen-bond donors (Lipinski definition) is 0. The second-order valence-electron chi connectivity index (χ2n) is 5.84. The number of benzene rings is 1. The Kier molecular flexibility index (Phi) is 5.07. The molecule has 0 saturated carbocycles. The third kappa shape index (κ3) is 3.88. The fourth-order valence-electron chi connectivity index (χ4n) is 2.34. The number of rotatable bonds is 3. The van der Waals surface area contributed by atoms with Crippen molar-refractivity contribution in [2.24, 2.45) is 0 Å². The van der Waals surface area contributed by atoms with Gasteiger partial charge in [-0.25, -0.2) is 4.79 Å². The monoisotopic (exact) mass is 291 g/mol. The fourth-order valence-corrected chi connectivity index (χ4v) is 2.34. The van der Waals surface area contributed by atoms with E-state index in [2.05, 4.69) is 4.90 Å². The third-order valence-electron chi connectivity index (χ3n) is 3.68. The molecule has 5 heteroatoms. The lowest BCUT2D eigenvalue weighted by Gasteiger charge is -2.28. The quantitative estimate of drug-likeness (QED) is 0.857. The van der Waals surface area contributed by atoms with Crippen LogP contribution in [0.1, 0.15) is 13.3 Å². The van der Waals surface area contributed by atoms with E-state index in [0.29, 0.717) is 13.1 Å². The van der Waals surface area contributed by atoms with E-state index >= 15 is 0 Å². The first kappa shape index (κ1) is 15.6. The van der Waals surface area contributed by atoms with Crippen LogP contribution in [0.5, 0.6) is 5.75 Å². The number of likely N-dealkylation sites (N-methyl/N-ethyl adjacent to an activating group) is 2. The molecule has 0 N–H and O–H groups in total. The van der Waals surface area contributed by atoms with Crippen molar-refractivity contribution in [3.8, 4) is 5.75 Å². The van der Waals surface area contributed by atoms with Crippen molar-refractivity contribution in [2.45, 2.75) is 19.4 Å². The van der Waals surface area contributed by atoms with Gasteiger partial charge in [-0.05, 0) is 33.2 Å². The molecule has 0 fully saturated rings. The normalized spacial score (nSPS) is 18.0. The van der Waals surface area contributed by atoms with Gasteiger partial charge < -0.3 is 14.5 Å². The Balaban J connectivity index is 2.16. The summed E-state index contributed by atoms with van der Waals surface area (Å²) in [6.07, 6.45) is 0.957. The number of carbonyl (C=O) groups excluding carboxylic acids is 1. The van der Waals surface area contributed by atoms with Crippen LogP contribution in [0.2, 0.25) is 0 Å². The zero-order valence-electron chi connectivity index (χ0n) is 13.4. The summed E-state index contributed by atoms with van der Waals surface area (Å²) < 4.78 is 5.89. The van der Waals surface area contributed by atoms with Crippen LogP contribution in [0, 0.1) is 0 Å². The van der Waals surface area contributed by atoms with Gasteiger partial charge in [0.05, 0.1) is 11.8 Å². The number of anilines is 1. The number of hydrogen-bond acceptors (Lipinski definition) is 3. The molecule has 0 aromatic heterocycles. The smallest absolute Gasteiger partial charge is 0.324 e. The third-order valence-corrected chi connectivity index (χ3v) is 3.68. The average molecular weight is 291 g/mol. The first-order valence-electron chi connectivity index (χ1n) is 7.42. The van der Waals surface area contributed by atoms with E-state index in [4.69, 9.17) is 4.74 Å². The summed E-state index contributed by atoms with van der Waals surface area (Å²) in [5.41, 5.74) is 0.864. The van der Waals surface area contributed by atoms with Gasteiger partial charge >= 0.3 is 6.03 Å². The van der Waals surface area contributed by atoms with Crippen LogP contribution in [0.3, 0.4) is 0 Å².